The predicted molar refractivity (Wildman–Crippen MR) is 64.7 cm³/mol. The van der Waals surface area contributed by atoms with Gasteiger partial charge in [0, 0.05) is 21.1 Å². The van der Waals surface area contributed by atoms with Crippen LogP contribution >= 0.6 is 0 Å². The Balaban J connectivity index is -0.0000000838. The SMILES string of the molecule is [C-]#[O+].[C-]#[O+].[C-]#[O+].[CH2-]c1ccccc1.[Mo].c1cc[cH-]c1. The molecule has 4 heteroatoms. The molecule has 0 heterocycles. The molecule has 3 nitrogen and oxygen atoms in total. The van der Waals surface area contributed by atoms with Gasteiger partial charge in [-0.25, -0.2) is 12.1 Å². The van der Waals surface area contributed by atoms with Crippen LogP contribution in [0.15, 0.2) is 60.7 Å². The molecular weight excluding hydrogens is 324 g/mol. The van der Waals surface area contributed by atoms with Crippen LogP contribution in [-0.2, 0) is 35.0 Å². The van der Waals surface area contributed by atoms with Gasteiger partial charge < -0.3 is 0 Å². The molecule has 19 heavy (non-hydrogen) atoms. The predicted octanol–water partition coefficient (Wildman–Crippen LogP) is 3.16. The van der Waals surface area contributed by atoms with Gasteiger partial charge in [0.1, 0.15) is 0 Å². The number of benzene rings is 1. The largest absolute Gasteiger partial charge is 0.214 e. The zero-order chi connectivity index (χ0) is 14.6. The Morgan fingerprint density at radius 1 is 0.737 bits per heavy atom. The van der Waals surface area contributed by atoms with Crippen LogP contribution in [0.1, 0.15) is 5.56 Å². The Hall–Kier alpha value is -1.65. The summed E-state index contributed by atoms with van der Waals surface area (Å²) in [4.78, 5) is 0. The van der Waals surface area contributed by atoms with Crippen molar-refractivity contribution >= 4 is 0 Å². The third-order valence-electron chi connectivity index (χ3n) is 1.40. The molecule has 2 aromatic rings. The fourth-order valence-corrected chi connectivity index (χ4v) is 0.799. The van der Waals surface area contributed by atoms with Crippen molar-refractivity contribution in [1.82, 2.24) is 0 Å². The van der Waals surface area contributed by atoms with Crippen LogP contribution < -0.4 is 0 Å². The molecule has 0 atom stereocenters. The van der Waals surface area contributed by atoms with Crippen LogP contribution in [0, 0.1) is 26.9 Å². The molecule has 0 bridgehead atoms. The van der Waals surface area contributed by atoms with Gasteiger partial charge in [-0.15, -0.1) is 12.1 Å². The monoisotopic (exact) mass is 338 g/mol. The summed E-state index contributed by atoms with van der Waals surface area (Å²) in [5, 5.41) is 0. The Labute approximate surface area is 128 Å². The first-order valence-electron chi connectivity index (χ1n) is 4.54. The minimum atomic E-state index is 0. The molecule has 0 aromatic heterocycles. The molecule has 0 saturated carbocycles. The molecule has 2 rings (SSSR count). The Bertz CT molecular complexity index is 357. The summed E-state index contributed by atoms with van der Waals surface area (Å²) in [6.45, 7) is 17.2. The van der Waals surface area contributed by atoms with Gasteiger partial charge in [-0.05, 0) is 0 Å². The second-order valence-electron chi connectivity index (χ2n) is 2.45. The van der Waals surface area contributed by atoms with E-state index >= 15 is 0 Å². The first kappa shape index (κ1) is 26.0. The maximum Gasteiger partial charge on any atom is 0 e. The molecule has 2 aromatic carbocycles. The van der Waals surface area contributed by atoms with Gasteiger partial charge in [0.25, 0.3) is 0 Å². The third-order valence-corrected chi connectivity index (χ3v) is 1.40. The minimum Gasteiger partial charge on any atom is -0.214 e. The van der Waals surface area contributed by atoms with Gasteiger partial charge in [-0.1, -0.05) is 6.07 Å². The number of rotatable bonds is 0. The quantitative estimate of drug-likeness (QED) is 0.403. The first-order valence-corrected chi connectivity index (χ1v) is 4.54. The molecule has 98 valence electrons. The summed E-state index contributed by atoms with van der Waals surface area (Å²) in [6, 6.07) is 19.9. The van der Waals surface area contributed by atoms with Gasteiger partial charge in [0.15, 0.2) is 0 Å². The van der Waals surface area contributed by atoms with E-state index in [0.717, 1.165) is 5.56 Å². The molecule has 0 N–H and O–H groups in total. The summed E-state index contributed by atoms with van der Waals surface area (Å²) in [7, 11) is 0. The van der Waals surface area contributed by atoms with Gasteiger partial charge in [-0.2, -0.15) is 42.8 Å². The second kappa shape index (κ2) is 29.9. The van der Waals surface area contributed by atoms with Crippen LogP contribution in [-0.4, -0.2) is 0 Å². The van der Waals surface area contributed by atoms with E-state index in [1.54, 1.807) is 0 Å². The smallest absolute Gasteiger partial charge is 0 e. The van der Waals surface area contributed by atoms with Gasteiger partial charge in [0.05, 0.1) is 0 Å². The summed E-state index contributed by atoms with van der Waals surface area (Å²) in [5.41, 5.74) is 1.07. The summed E-state index contributed by atoms with van der Waals surface area (Å²) in [6.07, 6.45) is 0. The summed E-state index contributed by atoms with van der Waals surface area (Å²) in [5.74, 6) is 0. The van der Waals surface area contributed by atoms with Crippen molar-refractivity contribution in [3.05, 3.63) is 93.1 Å². The normalized spacial score (nSPS) is 5.58. The van der Waals surface area contributed by atoms with Crippen molar-refractivity contribution in [2.75, 3.05) is 0 Å². The van der Waals surface area contributed by atoms with Crippen LogP contribution in [0.2, 0.25) is 0 Å². The van der Waals surface area contributed by atoms with Gasteiger partial charge in [0.2, 0.25) is 0 Å². The number of hydrogen-bond donors (Lipinski definition) is 0. The van der Waals surface area contributed by atoms with Crippen molar-refractivity contribution in [3.8, 4) is 0 Å². The van der Waals surface area contributed by atoms with E-state index in [2.05, 4.69) is 26.9 Å². The van der Waals surface area contributed by atoms with E-state index in [1.165, 1.54) is 0 Å². The molecule has 0 amide bonds. The van der Waals surface area contributed by atoms with Crippen molar-refractivity contribution < 1.29 is 35.0 Å². The second-order valence-corrected chi connectivity index (χ2v) is 2.45. The molecule has 0 saturated heterocycles. The van der Waals surface area contributed by atoms with E-state index in [-0.39, 0.29) is 21.1 Å². The molecule has 0 fully saturated rings. The van der Waals surface area contributed by atoms with Crippen molar-refractivity contribution in [2.24, 2.45) is 0 Å². The number of hydrogen-bond acceptors (Lipinski definition) is 0. The van der Waals surface area contributed by atoms with Crippen LogP contribution in [0.4, 0.5) is 0 Å². The fourth-order valence-electron chi connectivity index (χ4n) is 0.799. The zero-order valence-corrected chi connectivity index (χ0v) is 12.1. The van der Waals surface area contributed by atoms with Gasteiger partial charge >= 0.3 is 33.9 Å². The Kier molecular flexibility index (Phi) is 41.0. The first-order chi connectivity index (χ1) is 8.89. The molecule has 0 spiro atoms. The molecule has 0 unspecified atom stereocenters. The van der Waals surface area contributed by atoms with E-state index < -0.39 is 0 Å². The molecule has 0 radical (unpaired) electrons. The zero-order valence-electron chi connectivity index (χ0n) is 10.1. The molecule has 0 aliphatic rings. The van der Waals surface area contributed by atoms with Crippen molar-refractivity contribution in [3.63, 3.8) is 0 Å². The maximum atomic E-state index is 7.50. The Morgan fingerprint density at radius 3 is 1.26 bits per heavy atom. The molecular formula is C15H12MoO3-2. The van der Waals surface area contributed by atoms with E-state index in [9.17, 15) is 0 Å². The van der Waals surface area contributed by atoms with Gasteiger partial charge in [-0.3, -0.25) is 0 Å². The van der Waals surface area contributed by atoms with Crippen molar-refractivity contribution in [1.29, 1.82) is 0 Å². The van der Waals surface area contributed by atoms with Crippen molar-refractivity contribution in [2.45, 2.75) is 0 Å². The topological polar surface area (TPSA) is 59.7 Å². The standard InChI is InChI=1S/C7H7.C5H5.3CO.Mo/c1-7-5-3-2-4-6-7;1-2-4-5-3-1;3*1-2;/h2-6H,1H2;1-5H;;;;/q2*-1;;;;. The molecule has 0 aliphatic heterocycles. The minimum absolute atomic E-state index is 0. The summed E-state index contributed by atoms with van der Waals surface area (Å²) >= 11 is 0. The maximum absolute atomic E-state index is 7.50. The molecule has 0 aliphatic carbocycles. The third kappa shape index (κ3) is 26.1. The van der Waals surface area contributed by atoms with E-state index in [0.29, 0.717) is 0 Å². The van der Waals surface area contributed by atoms with Crippen LogP contribution in [0.3, 0.4) is 0 Å². The van der Waals surface area contributed by atoms with E-state index in [4.69, 9.17) is 14.0 Å². The van der Waals surface area contributed by atoms with Crippen LogP contribution in [0.25, 0.3) is 0 Å². The average molecular weight is 336 g/mol. The average Bonchev–Trinajstić information content (AvgIpc) is 3.06. The van der Waals surface area contributed by atoms with Crippen LogP contribution in [0.5, 0.6) is 0 Å². The summed E-state index contributed by atoms with van der Waals surface area (Å²) < 4.78 is 22.5. The fraction of sp³-hybridized carbons (Fsp3) is 0. The van der Waals surface area contributed by atoms with E-state index in [1.807, 2.05) is 60.7 Å². The Morgan fingerprint density at radius 2 is 1.11 bits per heavy atom.